The van der Waals surface area contributed by atoms with Crippen LogP contribution in [-0.2, 0) is 6.42 Å². The van der Waals surface area contributed by atoms with E-state index in [1.54, 1.807) is 0 Å². The lowest BCUT2D eigenvalue weighted by Crippen LogP contribution is -2.46. The number of rotatable bonds is 6. The molecule has 2 unspecified atom stereocenters. The Hall–Kier alpha value is -0.340. The van der Waals surface area contributed by atoms with E-state index in [0.29, 0.717) is 11.5 Å². The van der Waals surface area contributed by atoms with Gasteiger partial charge in [0.2, 0.25) is 0 Å². The second-order valence-electron chi connectivity index (χ2n) is 6.68. The van der Waals surface area contributed by atoms with Gasteiger partial charge in [0.15, 0.2) is 0 Å². The average Bonchev–Trinajstić information content (AvgIpc) is 2.87. The first-order valence-corrected chi connectivity index (χ1v) is 8.77. The van der Waals surface area contributed by atoms with E-state index < -0.39 is 0 Å². The minimum atomic E-state index is 0.501. The zero-order valence-electron chi connectivity index (χ0n) is 12.7. The maximum absolute atomic E-state index is 3.84. The van der Waals surface area contributed by atoms with E-state index in [0.717, 1.165) is 12.5 Å². The molecule has 2 atom stereocenters. The maximum atomic E-state index is 3.84. The number of nitrogens with one attached hydrogen (secondary N) is 1. The molecule has 2 heteroatoms. The van der Waals surface area contributed by atoms with Crippen LogP contribution < -0.4 is 5.32 Å². The Morgan fingerprint density at radius 3 is 2.89 bits per heavy atom. The smallest absolute Gasteiger partial charge is 0.0149 e. The van der Waals surface area contributed by atoms with Crippen molar-refractivity contribution in [1.82, 2.24) is 5.32 Å². The summed E-state index contributed by atoms with van der Waals surface area (Å²) in [4.78, 5) is 1.54. The van der Waals surface area contributed by atoms with Crippen LogP contribution >= 0.6 is 11.3 Å². The van der Waals surface area contributed by atoms with E-state index in [2.05, 4.69) is 43.6 Å². The van der Waals surface area contributed by atoms with Gasteiger partial charge in [0, 0.05) is 10.9 Å². The van der Waals surface area contributed by atoms with Crippen molar-refractivity contribution in [2.45, 2.75) is 65.3 Å². The molecule has 0 radical (unpaired) electrons. The molecule has 1 saturated carbocycles. The first kappa shape index (κ1) is 15.1. The summed E-state index contributed by atoms with van der Waals surface area (Å²) >= 11 is 1.91. The van der Waals surface area contributed by atoms with Crippen molar-refractivity contribution in [2.75, 3.05) is 6.54 Å². The van der Waals surface area contributed by atoms with Crippen LogP contribution in [0.25, 0.3) is 0 Å². The third kappa shape index (κ3) is 4.06. The molecule has 19 heavy (non-hydrogen) atoms. The van der Waals surface area contributed by atoms with Crippen LogP contribution in [0.1, 0.15) is 57.8 Å². The summed E-state index contributed by atoms with van der Waals surface area (Å²) in [5, 5.41) is 6.05. The zero-order valence-corrected chi connectivity index (χ0v) is 13.6. The van der Waals surface area contributed by atoms with Crippen LogP contribution in [0.4, 0.5) is 0 Å². The van der Waals surface area contributed by atoms with Crippen molar-refractivity contribution in [3.8, 4) is 0 Å². The quantitative estimate of drug-likeness (QED) is 0.783. The fourth-order valence-electron chi connectivity index (χ4n) is 3.60. The highest BCUT2D eigenvalue weighted by atomic mass is 32.1. The highest BCUT2D eigenvalue weighted by molar-refractivity contribution is 7.09. The molecule has 1 aliphatic rings. The third-order valence-corrected chi connectivity index (χ3v) is 5.63. The Morgan fingerprint density at radius 1 is 1.42 bits per heavy atom. The van der Waals surface area contributed by atoms with Gasteiger partial charge >= 0.3 is 0 Å². The van der Waals surface area contributed by atoms with Crippen LogP contribution in [0.15, 0.2) is 17.5 Å². The largest absolute Gasteiger partial charge is 0.313 e. The van der Waals surface area contributed by atoms with Crippen molar-refractivity contribution in [3.63, 3.8) is 0 Å². The van der Waals surface area contributed by atoms with Gasteiger partial charge < -0.3 is 5.32 Å². The number of hydrogen-bond donors (Lipinski definition) is 1. The fourth-order valence-corrected chi connectivity index (χ4v) is 4.36. The molecule has 1 heterocycles. The summed E-state index contributed by atoms with van der Waals surface area (Å²) in [6.07, 6.45) is 8.08. The van der Waals surface area contributed by atoms with E-state index in [9.17, 15) is 0 Å². The van der Waals surface area contributed by atoms with Crippen molar-refractivity contribution in [3.05, 3.63) is 22.4 Å². The lowest BCUT2D eigenvalue weighted by Gasteiger charge is -2.43. The van der Waals surface area contributed by atoms with Gasteiger partial charge in [-0.05, 0) is 55.0 Å². The first-order chi connectivity index (χ1) is 9.13. The summed E-state index contributed by atoms with van der Waals surface area (Å²) in [6.45, 7) is 8.38. The Morgan fingerprint density at radius 2 is 2.26 bits per heavy atom. The maximum Gasteiger partial charge on any atom is 0.0149 e. The molecule has 0 amide bonds. The van der Waals surface area contributed by atoms with Gasteiger partial charge in [-0.25, -0.2) is 0 Å². The molecule has 1 fully saturated rings. The van der Waals surface area contributed by atoms with Gasteiger partial charge in [0.25, 0.3) is 0 Å². The Balaban J connectivity index is 2.06. The second kappa shape index (κ2) is 6.90. The van der Waals surface area contributed by atoms with Gasteiger partial charge in [-0.2, -0.15) is 0 Å². The van der Waals surface area contributed by atoms with Gasteiger partial charge in [0.1, 0.15) is 0 Å². The summed E-state index contributed by atoms with van der Waals surface area (Å²) in [5.41, 5.74) is 0.501. The summed E-state index contributed by atoms with van der Waals surface area (Å²) < 4.78 is 0. The first-order valence-electron chi connectivity index (χ1n) is 7.89. The van der Waals surface area contributed by atoms with E-state index in [1.807, 2.05) is 11.3 Å². The molecular weight excluding hydrogens is 250 g/mol. The van der Waals surface area contributed by atoms with Crippen LogP contribution in [0, 0.1) is 11.3 Å². The van der Waals surface area contributed by atoms with Gasteiger partial charge in [0.05, 0.1) is 0 Å². The van der Waals surface area contributed by atoms with Crippen LogP contribution in [0.5, 0.6) is 0 Å². The highest BCUT2D eigenvalue weighted by Crippen LogP contribution is 2.43. The molecule has 1 nitrogen and oxygen atoms in total. The SMILES string of the molecule is CCCNC(Cc1cccs1)C1CCCCC1(C)C. The summed E-state index contributed by atoms with van der Waals surface area (Å²) in [6, 6.07) is 5.14. The van der Waals surface area contributed by atoms with E-state index in [1.165, 1.54) is 43.4 Å². The molecule has 108 valence electrons. The predicted octanol–water partition coefficient (Wildman–Crippen LogP) is 4.88. The predicted molar refractivity (Wildman–Crippen MR) is 85.8 cm³/mol. The Kier molecular flexibility index (Phi) is 5.47. The van der Waals surface area contributed by atoms with Crippen LogP contribution in [0.3, 0.4) is 0 Å². The second-order valence-corrected chi connectivity index (χ2v) is 7.72. The summed E-state index contributed by atoms with van der Waals surface area (Å²) in [7, 11) is 0. The molecule has 1 N–H and O–H groups in total. The minimum Gasteiger partial charge on any atom is -0.313 e. The molecule has 1 aromatic rings. The standard InChI is InChI=1S/C17H29NS/c1-4-11-18-16(13-14-8-7-12-19-14)15-9-5-6-10-17(15,2)3/h7-8,12,15-16,18H,4-6,9-11,13H2,1-3H3. The van der Waals surface area contributed by atoms with Crippen LogP contribution in [-0.4, -0.2) is 12.6 Å². The molecular formula is C17H29NS. The van der Waals surface area contributed by atoms with Crippen molar-refractivity contribution in [2.24, 2.45) is 11.3 Å². The molecule has 0 bridgehead atoms. The van der Waals surface area contributed by atoms with Gasteiger partial charge in [-0.3, -0.25) is 0 Å². The molecule has 0 saturated heterocycles. The molecule has 0 aromatic carbocycles. The molecule has 0 aliphatic heterocycles. The van der Waals surface area contributed by atoms with Gasteiger partial charge in [-0.1, -0.05) is 39.7 Å². The highest BCUT2D eigenvalue weighted by Gasteiger charge is 2.37. The van der Waals surface area contributed by atoms with E-state index in [4.69, 9.17) is 0 Å². The van der Waals surface area contributed by atoms with Gasteiger partial charge in [-0.15, -0.1) is 11.3 Å². The minimum absolute atomic E-state index is 0.501. The zero-order chi connectivity index (χ0) is 13.7. The monoisotopic (exact) mass is 279 g/mol. The lowest BCUT2D eigenvalue weighted by molar-refractivity contribution is 0.0984. The Labute approximate surface area is 122 Å². The number of thiophene rings is 1. The lowest BCUT2D eigenvalue weighted by atomic mass is 9.65. The normalized spacial score (nSPS) is 24.3. The molecule has 0 spiro atoms. The van der Waals surface area contributed by atoms with Crippen LogP contribution in [0.2, 0.25) is 0 Å². The van der Waals surface area contributed by atoms with Crippen molar-refractivity contribution < 1.29 is 0 Å². The fraction of sp³-hybridized carbons (Fsp3) is 0.765. The molecule has 1 aromatic heterocycles. The molecule has 2 rings (SSSR count). The topological polar surface area (TPSA) is 12.0 Å². The molecule has 1 aliphatic carbocycles. The number of hydrogen-bond acceptors (Lipinski definition) is 2. The van der Waals surface area contributed by atoms with Crippen molar-refractivity contribution >= 4 is 11.3 Å². The van der Waals surface area contributed by atoms with E-state index >= 15 is 0 Å². The van der Waals surface area contributed by atoms with Crippen molar-refractivity contribution in [1.29, 1.82) is 0 Å². The van der Waals surface area contributed by atoms with E-state index in [-0.39, 0.29) is 0 Å². The third-order valence-electron chi connectivity index (χ3n) is 4.73. The average molecular weight is 279 g/mol. The Bertz CT molecular complexity index is 355. The summed E-state index contributed by atoms with van der Waals surface area (Å²) in [5.74, 6) is 0.829.